The number of H-pyrrole nitrogens is 1. The predicted molar refractivity (Wildman–Crippen MR) is 86.8 cm³/mol. The van der Waals surface area contributed by atoms with Crippen LogP contribution in [0.3, 0.4) is 0 Å². The highest BCUT2D eigenvalue weighted by Crippen LogP contribution is 2.20. The minimum atomic E-state index is 0.779. The summed E-state index contributed by atoms with van der Waals surface area (Å²) < 4.78 is 3.74. The number of hydrogen-bond donors (Lipinski definition) is 1. The highest BCUT2D eigenvalue weighted by Gasteiger charge is 2.11. The second-order valence-electron chi connectivity index (χ2n) is 4.98. The number of para-hydroxylation sites is 2. The van der Waals surface area contributed by atoms with Crippen molar-refractivity contribution in [2.75, 3.05) is 5.75 Å². The number of aryl methyl sites for hydroxylation is 2. The zero-order chi connectivity index (χ0) is 15.6. The lowest BCUT2D eigenvalue weighted by molar-refractivity contribution is 0.663. The van der Waals surface area contributed by atoms with Gasteiger partial charge >= 0.3 is 0 Å². The molecule has 0 atom stereocenters. The molecule has 116 valence electrons. The van der Waals surface area contributed by atoms with Gasteiger partial charge in [0.25, 0.3) is 0 Å². The Bertz CT molecular complexity index is 904. The molecule has 0 saturated heterocycles. The summed E-state index contributed by atoms with van der Waals surface area (Å²) in [6, 6.07) is 7.96. The summed E-state index contributed by atoms with van der Waals surface area (Å²) >= 11 is 1.61. The number of nitrogens with one attached hydrogen (secondary N) is 1. The summed E-state index contributed by atoms with van der Waals surface area (Å²) in [5.41, 5.74) is 1.95. The van der Waals surface area contributed by atoms with E-state index in [-0.39, 0.29) is 0 Å². The van der Waals surface area contributed by atoms with E-state index in [1.807, 2.05) is 37.5 Å². The van der Waals surface area contributed by atoms with Crippen molar-refractivity contribution in [2.45, 2.75) is 11.7 Å². The van der Waals surface area contributed by atoms with Crippen LogP contribution < -0.4 is 0 Å². The van der Waals surface area contributed by atoms with Gasteiger partial charge < -0.3 is 9.55 Å². The number of hydrogen-bond acceptors (Lipinski definition) is 6. The Morgan fingerprint density at radius 1 is 1.26 bits per heavy atom. The summed E-state index contributed by atoms with van der Waals surface area (Å²) in [4.78, 5) is 12.3. The number of fused-ring (bicyclic) bond motifs is 1. The van der Waals surface area contributed by atoms with Crippen LogP contribution in [-0.2, 0) is 13.6 Å². The van der Waals surface area contributed by atoms with E-state index < -0.39 is 0 Å². The Hall–Kier alpha value is -2.68. The quantitative estimate of drug-likeness (QED) is 0.562. The molecule has 0 aliphatic carbocycles. The van der Waals surface area contributed by atoms with Crippen molar-refractivity contribution in [1.29, 1.82) is 0 Å². The largest absolute Gasteiger partial charge is 0.335 e. The summed E-state index contributed by atoms with van der Waals surface area (Å²) in [5.74, 6) is 2.46. The van der Waals surface area contributed by atoms with E-state index in [1.165, 1.54) is 0 Å². The molecule has 8 nitrogen and oxygen atoms in total. The molecule has 23 heavy (non-hydrogen) atoms. The zero-order valence-electron chi connectivity index (χ0n) is 12.4. The molecule has 1 N–H and O–H groups in total. The van der Waals surface area contributed by atoms with E-state index in [0.717, 1.165) is 40.1 Å². The number of aromatic nitrogens is 8. The molecule has 3 heterocycles. The normalized spacial score (nSPS) is 11.3. The van der Waals surface area contributed by atoms with Gasteiger partial charge in [0.2, 0.25) is 5.16 Å². The van der Waals surface area contributed by atoms with Crippen molar-refractivity contribution in [3.8, 4) is 11.6 Å². The lowest BCUT2D eigenvalue weighted by Gasteiger charge is -2.05. The van der Waals surface area contributed by atoms with Crippen molar-refractivity contribution in [2.24, 2.45) is 7.05 Å². The molecule has 1 aromatic carbocycles. The van der Waals surface area contributed by atoms with Crippen LogP contribution in [0.2, 0.25) is 0 Å². The van der Waals surface area contributed by atoms with Gasteiger partial charge in [-0.05, 0) is 22.6 Å². The molecule has 4 aromatic rings. The van der Waals surface area contributed by atoms with Crippen LogP contribution in [0.5, 0.6) is 0 Å². The molecule has 3 aromatic heterocycles. The van der Waals surface area contributed by atoms with Crippen molar-refractivity contribution >= 4 is 22.8 Å². The summed E-state index contributed by atoms with van der Waals surface area (Å²) in [6.45, 7) is 0.796. The number of tetrazole rings is 1. The first-order valence-corrected chi connectivity index (χ1v) is 8.11. The molecule has 0 aliphatic heterocycles. The maximum atomic E-state index is 4.61. The smallest absolute Gasteiger partial charge is 0.209 e. The number of benzene rings is 1. The first kappa shape index (κ1) is 13.9. The molecular formula is C14H14N8S. The van der Waals surface area contributed by atoms with Gasteiger partial charge in [-0.2, -0.15) is 0 Å². The fourth-order valence-electron chi connectivity index (χ4n) is 2.34. The first-order valence-electron chi connectivity index (χ1n) is 7.12. The van der Waals surface area contributed by atoms with E-state index in [4.69, 9.17) is 0 Å². The summed E-state index contributed by atoms with van der Waals surface area (Å²) in [6.07, 6.45) is 3.75. The Morgan fingerprint density at radius 2 is 2.17 bits per heavy atom. The van der Waals surface area contributed by atoms with E-state index in [9.17, 15) is 0 Å². The molecule has 0 amide bonds. The first-order chi connectivity index (χ1) is 11.3. The van der Waals surface area contributed by atoms with E-state index >= 15 is 0 Å². The molecule has 0 radical (unpaired) electrons. The Kier molecular flexibility index (Phi) is 3.54. The van der Waals surface area contributed by atoms with E-state index in [2.05, 4.69) is 35.0 Å². The third-order valence-electron chi connectivity index (χ3n) is 3.46. The fourth-order valence-corrected chi connectivity index (χ4v) is 3.13. The molecule has 0 bridgehead atoms. The van der Waals surface area contributed by atoms with Gasteiger partial charge in [0.05, 0.1) is 11.0 Å². The number of thioether (sulfide) groups is 1. The van der Waals surface area contributed by atoms with E-state index in [0.29, 0.717) is 0 Å². The SMILES string of the molecule is Cn1nnnc1SCCn1ccnc1-c1nc2ccccc2[nH]1. The topological polar surface area (TPSA) is 90.1 Å². The fraction of sp³-hybridized carbons (Fsp3) is 0.214. The van der Waals surface area contributed by atoms with Gasteiger partial charge in [-0.15, -0.1) is 5.10 Å². The van der Waals surface area contributed by atoms with Gasteiger partial charge in [-0.3, -0.25) is 0 Å². The number of rotatable bonds is 5. The molecule has 4 rings (SSSR count). The highest BCUT2D eigenvalue weighted by molar-refractivity contribution is 7.99. The average Bonchev–Trinajstić information content (AvgIpc) is 3.26. The number of aromatic amines is 1. The van der Waals surface area contributed by atoms with Gasteiger partial charge in [0, 0.05) is 31.7 Å². The Balaban J connectivity index is 1.52. The van der Waals surface area contributed by atoms with Crippen molar-refractivity contribution in [3.05, 3.63) is 36.7 Å². The second kappa shape index (κ2) is 5.84. The second-order valence-corrected chi connectivity index (χ2v) is 6.04. The van der Waals surface area contributed by atoms with Crippen molar-refractivity contribution in [3.63, 3.8) is 0 Å². The molecular weight excluding hydrogens is 312 g/mol. The number of imidazole rings is 2. The molecule has 0 fully saturated rings. The van der Waals surface area contributed by atoms with Crippen LogP contribution in [-0.4, -0.2) is 45.5 Å². The predicted octanol–water partition coefficient (Wildman–Crippen LogP) is 1.74. The monoisotopic (exact) mass is 326 g/mol. The van der Waals surface area contributed by atoms with Gasteiger partial charge in [-0.25, -0.2) is 14.6 Å². The van der Waals surface area contributed by atoms with E-state index in [1.54, 1.807) is 22.6 Å². The lowest BCUT2D eigenvalue weighted by Crippen LogP contribution is -2.03. The maximum Gasteiger partial charge on any atom is 0.209 e. The van der Waals surface area contributed by atoms with Crippen LogP contribution in [0, 0.1) is 0 Å². The summed E-state index contributed by atoms with van der Waals surface area (Å²) in [7, 11) is 1.83. The molecule has 0 unspecified atom stereocenters. The van der Waals surface area contributed by atoms with Crippen molar-refractivity contribution in [1.82, 2.24) is 39.7 Å². The third kappa shape index (κ3) is 2.70. The highest BCUT2D eigenvalue weighted by atomic mass is 32.2. The number of nitrogens with zero attached hydrogens (tertiary/aromatic N) is 7. The Labute approximate surface area is 135 Å². The third-order valence-corrected chi connectivity index (χ3v) is 4.45. The molecule has 0 saturated carbocycles. The van der Waals surface area contributed by atoms with Crippen LogP contribution in [0.1, 0.15) is 0 Å². The zero-order valence-corrected chi connectivity index (χ0v) is 13.2. The van der Waals surface area contributed by atoms with Gasteiger partial charge in [0.15, 0.2) is 11.6 Å². The standard InChI is InChI=1S/C14H14N8S/c1-21-14(18-19-20-21)23-9-8-22-7-6-15-13(22)12-16-10-4-2-3-5-11(10)17-12/h2-7H,8-9H2,1H3,(H,16,17). The van der Waals surface area contributed by atoms with Gasteiger partial charge in [0.1, 0.15) is 0 Å². The molecule has 9 heteroatoms. The Morgan fingerprint density at radius 3 is 3.00 bits per heavy atom. The van der Waals surface area contributed by atoms with Crippen molar-refractivity contribution < 1.29 is 0 Å². The van der Waals surface area contributed by atoms with Gasteiger partial charge in [-0.1, -0.05) is 23.9 Å². The lowest BCUT2D eigenvalue weighted by atomic mass is 10.3. The van der Waals surface area contributed by atoms with Crippen LogP contribution in [0.15, 0.2) is 41.8 Å². The molecule has 0 aliphatic rings. The average molecular weight is 326 g/mol. The van der Waals surface area contributed by atoms with Crippen LogP contribution in [0.4, 0.5) is 0 Å². The minimum absolute atomic E-state index is 0.779. The summed E-state index contributed by atoms with van der Waals surface area (Å²) in [5, 5.41) is 12.2. The maximum absolute atomic E-state index is 4.61. The van der Waals surface area contributed by atoms with Crippen LogP contribution in [0.25, 0.3) is 22.7 Å². The minimum Gasteiger partial charge on any atom is -0.335 e. The van der Waals surface area contributed by atoms with Crippen LogP contribution >= 0.6 is 11.8 Å². The molecule has 0 spiro atoms.